The normalized spacial score (nSPS) is 11.3. The molecule has 2 heteroatoms. The highest BCUT2D eigenvalue weighted by Crippen LogP contribution is 2.08. The molecule has 0 aliphatic rings. The minimum atomic E-state index is 0.633. The summed E-state index contributed by atoms with van der Waals surface area (Å²) in [4.78, 5) is 2.52. The van der Waals surface area contributed by atoms with Crippen LogP contribution in [-0.2, 0) is 6.42 Å². The van der Waals surface area contributed by atoms with Gasteiger partial charge in [-0.25, -0.2) is 0 Å². The number of nitrogen functional groups attached to an aromatic ring is 1. The minimum absolute atomic E-state index is 0.633. The van der Waals surface area contributed by atoms with Crippen LogP contribution in [-0.4, -0.2) is 24.0 Å². The Bertz CT molecular complexity index is 290. The lowest BCUT2D eigenvalue weighted by Crippen LogP contribution is -2.33. The van der Waals surface area contributed by atoms with E-state index in [0.717, 1.165) is 18.7 Å². The molecule has 2 nitrogen and oxygen atoms in total. The van der Waals surface area contributed by atoms with Crippen molar-refractivity contribution >= 4 is 5.69 Å². The lowest BCUT2D eigenvalue weighted by molar-refractivity contribution is 0.225. The van der Waals surface area contributed by atoms with Crippen molar-refractivity contribution in [3.05, 3.63) is 29.8 Å². The summed E-state index contributed by atoms with van der Waals surface area (Å²) in [6.45, 7) is 9.08. The topological polar surface area (TPSA) is 29.3 Å². The van der Waals surface area contributed by atoms with Crippen molar-refractivity contribution < 1.29 is 0 Å². The number of benzene rings is 1. The average Bonchev–Trinajstić information content (AvgIpc) is 2.26. The van der Waals surface area contributed by atoms with E-state index in [1.54, 1.807) is 0 Å². The summed E-state index contributed by atoms with van der Waals surface area (Å²) >= 11 is 0. The Kier molecular flexibility index (Phi) is 5.33. The zero-order valence-electron chi connectivity index (χ0n) is 10.7. The van der Waals surface area contributed by atoms with E-state index in [-0.39, 0.29) is 0 Å². The maximum atomic E-state index is 5.67. The lowest BCUT2D eigenvalue weighted by atomic mass is 10.1. The van der Waals surface area contributed by atoms with Gasteiger partial charge in [0.2, 0.25) is 0 Å². The van der Waals surface area contributed by atoms with Gasteiger partial charge >= 0.3 is 0 Å². The number of anilines is 1. The zero-order valence-corrected chi connectivity index (χ0v) is 10.7. The van der Waals surface area contributed by atoms with Crippen molar-refractivity contribution in [3.63, 3.8) is 0 Å². The van der Waals surface area contributed by atoms with Gasteiger partial charge in [0, 0.05) is 18.3 Å². The Labute approximate surface area is 99.5 Å². The number of hydrogen-bond acceptors (Lipinski definition) is 2. The van der Waals surface area contributed by atoms with Crippen LogP contribution < -0.4 is 5.73 Å². The molecule has 1 rings (SSSR count). The molecule has 0 atom stereocenters. The van der Waals surface area contributed by atoms with Crippen LogP contribution in [0.5, 0.6) is 0 Å². The molecule has 0 unspecified atom stereocenters. The number of nitrogens with two attached hydrogens (primary N) is 1. The molecule has 0 saturated heterocycles. The first-order chi connectivity index (χ1) is 7.63. The van der Waals surface area contributed by atoms with E-state index >= 15 is 0 Å². The predicted octanol–water partition coefficient (Wildman–Crippen LogP) is 2.93. The monoisotopic (exact) mass is 220 g/mol. The van der Waals surface area contributed by atoms with Crippen molar-refractivity contribution in [2.75, 3.05) is 18.8 Å². The summed E-state index contributed by atoms with van der Waals surface area (Å²) in [6, 6.07) is 8.84. The lowest BCUT2D eigenvalue weighted by Gasteiger charge is -2.25. The van der Waals surface area contributed by atoms with Gasteiger partial charge in [-0.1, -0.05) is 19.1 Å². The Morgan fingerprint density at radius 2 is 1.75 bits per heavy atom. The predicted molar refractivity (Wildman–Crippen MR) is 71.6 cm³/mol. The summed E-state index contributed by atoms with van der Waals surface area (Å²) in [7, 11) is 0. The van der Waals surface area contributed by atoms with Gasteiger partial charge in [-0.2, -0.15) is 0 Å². The van der Waals surface area contributed by atoms with E-state index in [0.29, 0.717) is 6.04 Å². The van der Waals surface area contributed by atoms with Crippen molar-refractivity contribution in [2.24, 2.45) is 0 Å². The Morgan fingerprint density at radius 1 is 1.12 bits per heavy atom. The minimum Gasteiger partial charge on any atom is -0.399 e. The average molecular weight is 220 g/mol. The maximum absolute atomic E-state index is 5.67. The molecule has 0 aromatic heterocycles. The number of nitrogens with zero attached hydrogens (tertiary/aromatic N) is 1. The SMILES string of the molecule is CCCN(CCc1ccc(N)cc1)C(C)C. The zero-order chi connectivity index (χ0) is 12.0. The molecule has 0 bridgehead atoms. The van der Waals surface area contributed by atoms with Crippen LogP contribution in [0.3, 0.4) is 0 Å². The van der Waals surface area contributed by atoms with Crippen LogP contribution in [0, 0.1) is 0 Å². The van der Waals surface area contributed by atoms with Crippen LogP contribution >= 0.6 is 0 Å². The fraction of sp³-hybridized carbons (Fsp3) is 0.571. The second-order valence-electron chi connectivity index (χ2n) is 4.62. The Hall–Kier alpha value is -1.02. The molecular formula is C14H24N2. The van der Waals surface area contributed by atoms with E-state index < -0.39 is 0 Å². The third kappa shape index (κ3) is 4.23. The molecule has 0 fully saturated rings. The quantitative estimate of drug-likeness (QED) is 0.747. The van der Waals surface area contributed by atoms with E-state index in [4.69, 9.17) is 5.73 Å². The molecule has 0 aliphatic carbocycles. The van der Waals surface area contributed by atoms with E-state index in [2.05, 4.69) is 37.8 Å². The fourth-order valence-electron chi connectivity index (χ4n) is 1.87. The highest BCUT2D eigenvalue weighted by Gasteiger charge is 2.07. The van der Waals surface area contributed by atoms with Crippen LogP contribution in [0.15, 0.2) is 24.3 Å². The fourth-order valence-corrected chi connectivity index (χ4v) is 1.87. The van der Waals surface area contributed by atoms with Crippen LogP contribution in [0.2, 0.25) is 0 Å². The van der Waals surface area contributed by atoms with Gasteiger partial charge in [-0.15, -0.1) is 0 Å². The first-order valence-electron chi connectivity index (χ1n) is 6.22. The van der Waals surface area contributed by atoms with Gasteiger partial charge in [0.25, 0.3) is 0 Å². The van der Waals surface area contributed by atoms with Gasteiger partial charge in [0.1, 0.15) is 0 Å². The maximum Gasteiger partial charge on any atom is 0.0314 e. The second-order valence-corrected chi connectivity index (χ2v) is 4.62. The van der Waals surface area contributed by atoms with Crippen LogP contribution in [0.1, 0.15) is 32.8 Å². The summed E-state index contributed by atoms with van der Waals surface area (Å²) in [6.07, 6.45) is 2.33. The molecule has 0 aliphatic heterocycles. The second kappa shape index (κ2) is 6.54. The summed E-state index contributed by atoms with van der Waals surface area (Å²) in [5, 5.41) is 0. The number of hydrogen-bond donors (Lipinski definition) is 1. The molecule has 2 N–H and O–H groups in total. The summed E-state index contributed by atoms with van der Waals surface area (Å²) < 4.78 is 0. The molecule has 16 heavy (non-hydrogen) atoms. The van der Waals surface area contributed by atoms with Gasteiger partial charge < -0.3 is 10.6 Å². The Morgan fingerprint density at radius 3 is 2.25 bits per heavy atom. The smallest absolute Gasteiger partial charge is 0.0314 e. The van der Waals surface area contributed by atoms with Crippen LogP contribution in [0.25, 0.3) is 0 Å². The summed E-state index contributed by atoms with van der Waals surface area (Å²) in [5.74, 6) is 0. The van der Waals surface area contributed by atoms with Crippen molar-refractivity contribution in [1.29, 1.82) is 0 Å². The number of rotatable bonds is 6. The van der Waals surface area contributed by atoms with E-state index in [1.165, 1.54) is 18.5 Å². The molecule has 90 valence electrons. The largest absolute Gasteiger partial charge is 0.399 e. The highest BCUT2D eigenvalue weighted by molar-refractivity contribution is 5.39. The molecule has 0 heterocycles. The first kappa shape index (κ1) is 13.0. The van der Waals surface area contributed by atoms with Gasteiger partial charge in [-0.05, 0) is 50.9 Å². The molecule has 0 amide bonds. The Balaban J connectivity index is 2.45. The van der Waals surface area contributed by atoms with Crippen LogP contribution in [0.4, 0.5) is 5.69 Å². The highest BCUT2D eigenvalue weighted by atomic mass is 15.1. The van der Waals surface area contributed by atoms with E-state index in [9.17, 15) is 0 Å². The van der Waals surface area contributed by atoms with Gasteiger partial charge in [0.15, 0.2) is 0 Å². The molecular weight excluding hydrogens is 196 g/mol. The van der Waals surface area contributed by atoms with Crippen molar-refractivity contribution in [1.82, 2.24) is 4.90 Å². The van der Waals surface area contributed by atoms with Crippen molar-refractivity contribution in [3.8, 4) is 0 Å². The standard InChI is InChI=1S/C14H24N2/c1-4-10-16(12(2)3)11-9-13-5-7-14(15)8-6-13/h5-8,12H,4,9-11,15H2,1-3H3. The van der Waals surface area contributed by atoms with Gasteiger partial charge in [-0.3, -0.25) is 0 Å². The van der Waals surface area contributed by atoms with E-state index in [1.807, 2.05) is 12.1 Å². The third-order valence-corrected chi connectivity index (χ3v) is 2.91. The third-order valence-electron chi connectivity index (χ3n) is 2.91. The van der Waals surface area contributed by atoms with Gasteiger partial charge in [0.05, 0.1) is 0 Å². The van der Waals surface area contributed by atoms with Crippen molar-refractivity contribution in [2.45, 2.75) is 39.7 Å². The molecule has 1 aromatic carbocycles. The molecule has 0 radical (unpaired) electrons. The molecule has 0 spiro atoms. The molecule has 1 aromatic rings. The molecule has 0 saturated carbocycles. The first-order valence-corrected chi connectivity index (χ1v) is 6.22. The summed E-state index contributed by atoms with van der Waals surface area (Å²) in [5.41, 5.74) is 7.88.